The molecule has 0 spiro atoms. The first-order valence-corrected chi connectivity index (χ1v) is 6.78. The maximum atomic E-state index is 10.7. The van der Waals surface area contributed by atoms with E-state index < -0.39 is 4.92 Å². The topological polar surface area (TPSA) is 107 Å². The molecule has 0 aromatic carbocycles. The summed E-state index contributed by atoms with van der Waals surface area (Å²) in [7, 11) is 1.65. The van der Waals surface area contributed by atoms with Crippen LogP contribution in [0.4, 0.5) is 11.5 Å². The standard InChI is InChI=1S/C13H15N5O4/c1-8-15-13(22-16-8)11-5-10(21-2)7-17(11)12-4-3-9(6-14-12)18(19)20/h3-4,6,10-11H,5,7H2,1-2H3. The Balaban J connectivity index is 1.90. The Morgan fingerprint density at radius 3 is 2.86 bits per heavy atom. The summed E-state index contributed by atoms with van der Waals surface area (Å²) in [4.78, 5) is 20.7. The summed E-state index contributed by atoms with van der Waals surface area (Å²) in [5, 5.41) is 14.5. The largest absolute Gasteiger partial charge is 0.380 e. The fourth-order valence-electron chi connectivity index (χ4n) is 2.56. The number of methoxy groups -OCH3 is 1. The molecule has 1 aliphatic rings. The van der Waals surface area contributed by atoms with Gasteiger partial charge in [-0.25, -0.2) is 4.98 Å². The number of hydrogen-bond donors (Lipinski definition) is 0. The second-order valence-electron chi connectivity index (χ2n) is 5.07. The monoisotopic (exact) mass is 305 g/mol. The molecule has 0 saturated carbocycles. The van der Waals surface area contributed by atoms with Crippen LogP contribution in [0.15, 0.2) is 22.9 Å². The van der Waals surface area contributed by atoms with Gasteiger partial charge in [0, 0.05) is 26.1 Å². The minimum atomic E-state index is -0.475. The number of rotatable bonds is 4. The fourth-order valence-corrected chi connectivity index (χ4v) is 2.56. The highest BCUT2D eigenvalue weighted by Crippen LogP contribution is 2.35. The van der Waals surface area contributed by atoms with Gasteiger partial charge in [-0.3, -0.25) is 10.1 Å². The lowest BCUT2D eigenvalue weighted by molar-refractivity contribution is -0.385. The first-order valence-electron chi connectivity index (χ1n) is 6.78. The van der Waals surface area contributed by atoms with Crippen molar-refractivity contribution in [3.8, 4) is 0 Å². The smallest absolute Gasteiger partial charge is 0.287 e. The third-order valence-corrected chi connectivity index (χ3v) is 3.66. The molecule has 2 atom stereocenters. The van der Waals surface area contributed by atoms with Crippen LogP contribution >= 0.6 is 0 Å². The van der Waals surface area contributed by atoms with E-state index in [-0.39, 0.29) is 17.8 Å². The molecular formula is C13H15N5O4. The summed E-state index contributed by atoms with van der Waals surface area (Å²) in [6.45, 7) is 2.36. The molecule has 2 aromatic rings. The van der Waals surface area contributed by atoms with E-state index in [1.54, 1.807) is 20.1 Å². The second kappa shape index (κ2) is 5.68. The van der Waals surface area contributed by atoms with Gasteiger partial charge < -0.3 is 14.2 Å². The minimum absolute atomic E-state index is 0.00852. The minimum Gasteiger partial charge on any atom is -0.380 e. The van der Waals surface area contributed by atoms with Crippen LogP contribution in [0.1, 0.15) is 24.2 Å². The molecule has 2 unspecified atom stereocenters. The SMILES string of the molecule is COC1CC(c2nc(C)no2)N(c2ccc([N+](=O)[O-])cn2)C1. The maximum Gasteiger partial charge on any atom is 0.287 e. The van der Waals surface area contributed by atoms with Crippen molar-refractivity contribution in [1.82, 2.24) is 15.1 Å². The van der Waals surface area contributed by atoms with Gasteiger partial charge in [-0.15, -0.1) is 0 Å². The fraction of sp³-hybridized carbons (Fsp3) is 0.462. The second-order valence-corrected chi connectivity index (χ2v) is 5.07. The van der Waals surface area contributed by atoms with Crippen LogP contribution in [0.3, 0.4) is 0 Å². The predicted octanol–water partition coefficient (Wildman–Crippen LogP) is 1.65. The van der Waals surface area contributed by atoms with Crippen molar-refractivity contribution in [2.75, 3.05) is 18.6 Å². The van der Waals surface area contributed by atoms with Gasteiger partial charge in [0.2, 0.25) is 5.89 Å². The number of ether oxygens (including phenoxy) is 1. The van der Waals surface area contributed by atoms with E-state index in [2.05, 4.69) is 15.1 Å². The first kappa shape index (κ1) is 14.4. The molecule has 9 nitrogen and oxygen atoms in total. The van der Waals surface area contributed by atoms with Crippen molar-refractivity contribution in [2.45, 2.75) is 25.5 Å². The number of pyridine rings is 1. The Labute approximate surface area is 126 Å². The zero-order chi connectivity index (χ0) is 15.7. The molecule has 22 heavy (non-hydrogen) atoms. The zero-order valence-corrected chi connectivity index (χ0v) is 12.2. The van der Waals surface area contributed by atoms with Crippen LogP contribution in [-0.4, -0.2) is 39.8 Å². The van der Waals surface area contributed by atoms with Gasteiger partial charge in [-0.1, -0.05) is 5.16 Å². The third-order valence-electron chi connectivity index (χ3n) is 3.66. The van der Waals surface area contributed by atoms with E-state index in [0.29, 0.717) is 30.5 Å². The molecule has 0 N–H and O–H groups in total. The van der Waals surface area contributed by atoms with E-state index in [9.17, 15) is 10.1 Å². The summed E-state index contributed by atoms with van der Waals surface area (Å²) in [6.07, 6.45) is 1.94. The lowest BCUT2D eigenvalue weighted by Gasteiger charge is -2.22. The molecule has 2 aromatic heterocycles. The maximum absolute atomic E-state index is 10.7. The number of nitro groups is 1. The van der Waals surface area contributed by atoms with Crippen molar-refractivity contribution in [2.24, 2.45) is 0 Å². The number of aromatic nitrogens is 3. The van der Waals surface area contributed by atoms with Crippen molar-refractivity contribution in [3.05, 3.63) is 40.2 Å². The molecule has 0 aliphatic carbocycles. The van der Waals surface area contributed by atoms with Crippen LogP contribution in [0.2, 0.25) is 0 Å². The molecule has 1 fully saturated rings. The van der Waals surface area contributed by atoms with Crippen molar-refractivity contribution in [1.29, 1.82) is 0 Å². The highest BCUT2D eigenvalue weighted by atomic mass is 16.6. The normalized spacial score (nSPS) is 21.3. The molecule has 3 rings (SSSR count). The van der Waals surface area contributed by atoms with Crippen LogP contribution in [0, 0.1) is 17.0 Å². The van der Waals surface area contributed by atoms with Crippen molar-refractivity contribution < 1.29 is 14.2 Å². The number of nitrogens with zero attached hydrogens (tertiary/aromatic N) is 5. The molecule has 1 saturated heterocycles. The van der Waals surface area contributed by atoms with Gasteiger partial charge in [0.25, 0.3) is 5.69 Å². The van der Waals surface area contributed by atoms with Crippen LogP contribution in [-0.2, 0) is 4.74 Å². The Hall–Kier alpha value is -2.55. The molecule has 0 radical (unpaired) electrons. The van der Waals surface area contributed by atoms with Gasteiger partial charge >= 0.3 is 0 Å². The van der Waals surface area contributed by atoms with Crippen LogP contribution in [0.25, 0.3) is 0 Å². The lowest BCUT2D eigenvalue weighted by atomic mass is 10.2. The van der Waals surface area contributed by atoms with E-state index >= 15 is 0 Å². The molecular weight excluding hydrogens is 290 g/mol. The molecule has 116 valence electrons. The van der Waals surface area contributed by atoms with Gasteiger partial charge in [0.05, 0.1) is 11.0 Å². The average molecular weight is 305 g/mol. The van der Waals surface area contributed by atoms with E-state index in [1.165, 1.54) is 12.3 Å². The van der Waals surface area contributed by atoms with Gasteiger partial charge in [0.1, 0.15) is 18.1 Å². The Morgan fingerprint density at radius 1 is 1.50 bits per heavy atom. The average Bonchev–Trinajstić information content (AvgIpc) is 3.13. The summed E-state index contributed by atoms with van der Waals surface area (Å²) in [6, 6.07) is 2.89. The summed E-state index contributed by atoms with van der Waals surface area (Å²) in [5.74, 6) is 1.68. The van der Waals surface area contributed by atoms with Crippen molar-refractivity contribution in [3.63, 3.8) is 0 Å². The highest BCUT2D eigenvalue weighted by Gasteiger charge is 2.37. The molecule has 3 heterocycles. The molecule has 1 aliphatic heterocycles. The third kappa shape index (κ3) is 2.62. The van der Waals surface area contributed by atoms with Gasteiger partial charge in [-0.2, -0.15) is 4.98 Å². The van der Waals surface area contributed by atoms with Gasteiger partial charge in [-0.05, 0) is 13.0 Å². The highest BCUT2D eigenvalue weighted by molar-refractivity contribution is 5.46. The van der Waals surface area contributed by atoms with E-state index in [4.69, 9.17) is 9.26 Å². The molecule has 0 bridgehead atoms. The van der Waals surface area contributed by atoms with E-state index in [1.807, 2.05) is 4.90 Å². The molecule has 9 heteroatoms. The van der Waals surface area contributed by atoms with Crippen molar-refractivity contribution >= 4 is 11.5 Å². The predicted molar refractivity (Wildman–Crippen MR) is 75.4 cm³/mol. The summed E-state index contributed by atoms with van der Waals surface area (Å²) < 4.78 is 10.7. The molecule has 0 amide bonds. The van der Waals surface area contributed by atoms with E-state index in [0.717, 1.165) is 0 Å². The summed E-state index contributed by atoms with van der Waals surface area (Å²) in [5.41, 5.74) is -0.0450. The summed E-state index contributed by atoms with van der Waals surface area (Å²) >= 11 is 0. The number of anilines is 1. The Kier molecular flexibility index (Phi) is 3.72. The lowest BCUT2D eigenvalue weighted by Crippen LogP contribution is -2.25. The van der Waals surface area contributed by atoms with Gasteiger partial charge in [0.15, 0.2) is 5.82 Å². The first-order chi connectivity index (χ1) is 10.6. The Bertz CT molecular complexity index is 671. The quantitative estimate of drug-likeness (QED) is 0.619. The zero-order valence-electron chi connectivity index (χ0n) is 12.2. The van der Waals surface area contributed by atoms with Crippen LogP contribution < -0.4 is 4.90 Å². The van der Waals surface area contributed by atoms with Crippen LogP contribution in [0.5, 0.6) is 0 Å². The Morgan fingerprint density at radius 2 is 2.32 bits per heavy atom. The number of aryl methyl sites for hydroxylation is 1. The number of hydrogen-bond acceptors (Lipinski definition) is 8.